The molecule has 29 heavy (non-hydrogen) atoms. The second-order valence-corrected chi connectivity index (χ2v) is 7.28. The number of pyridine rings is 2. The van der Waals surface area contributed by atoms with Crippen molar-refractivity contribution in [2.45, 2.75) is 32.0 Å². The summed E-state index contributed by atoms with van der Waals surface area (Å²) in [4.78, 5) is 34.1. The molecule has 1 aromatic carbocycles. The first-order valence-electron chi connectivity index (χ1n) is 9.30. The number of aromatic nitrogens is 2. The maximum atomic E-state index is 12.4. The van der Waals surface area contributed by atoms with E-state index in [1.54, 1.807) is 6.07 Å². The smallest absolute Gasteiger partial charge is 0.303 e. The number of aliphatic carboxylic acids is 1. The van der Waals surface area contributed by atoms with Crippen LogP contribution in [-0.4, -0.2) is 27.0 Å². The fourth-order valence-electron chi connectivity index (χ4n) is 3.51. The largest absolute Gasteiger partial charge is 0.481 e. The number of hydrogen-bond donors (Lipinski definition) is 2. The number of nitrogens with zero attached hydrogens (tertiary/aromatic N) is 3. The van der Waals surface area contributed by atoms with Crippen LogP contribution in [-0.2, 0) is 16.1 Å². The van der Waals surface area contributed by atoms with Crippen LogP contribution >= 0.6 is 11.6 Å². The van der Waals surface area contributed by atoms with E-state index in [1.165, 1.54) is 0 Å². The summed E-state index contributed by atoms with van der Waals surface area (Å²) in [5, 5.41) is 13.0. The molecule has 0 radical (unpaired) electrons. The Morgan fingerprint density at radius 3 is 2.72 bits per heavy atom. The Hall–Kier alpha value is -3.19. The van der Waals surface area contributed by atoms with E-state index in [0.29, 0.717) is 29.6 Å². The summed E-state index contributed by atoms with van der Waals surface area (Å²) >= 11 is 6.01. The third kappa shape index (κ3) is 4.14. The molecule has 1 atom stereocenters. The number of benzene rings is 1. The van der Waals surface area contributed by atoms with Crippen molar-refractivity contribution in [2.75, 3.05) is 4.90 Å². The lowest BCUT2D eigenvalue weighted by Crippen LogP contribution is -2.37. The molecule has 1 aliphatic heterocycles. The van der Waals surface area contributed by atoms with Gasteiger partial charge in [0.05, 0.1) is 0 Å². The minimum Gasteiger partial charge on any atom is -0.481 e. The monoisotopic (exact) mass is 410 g/mol. The number of fused-ring (bicyclic) bond motifs is 2. The maximum Gasteiger partial charge on any atom is 0.303 e. The predicted molar refractivity (Wildman–Crippen MR) is 110 cm³/mol. The molecule has 0 saturated heterocycles. The summed E-state index contributed by atoms with van der Waals surface area (Å²) in [6.45, 7) is 0.593. The number of carboxylic acid groups (broad SMARTS) is 1. The molecule has 2 aromatic heterocycles. The van der Waals surface area contributed by atoms with Gasteiger partial charge in [0.25, 0.3) is 0 Å². The van der Waals surface area contributed by atoms with E-state index in [2.05, 4.69) is 15.3 Å². The molecule has 7 nitrogen and oxygen atoms in total. The highest BCUT2D eigenvalue weighted by Gasteiger charge is 2.32. The van der Waals surface area contributed by atoms with Crippen LogP contribution in [0.15, 0.2) is 48.5 Å². The van der Waals surface area contributed by atoms with Crippen LogP contribution < -0.4 is 10.2 Å². The van der Waals surface area contributed by atoms with E-state index in [1.807, 2.05) is 47.4 Å². The molecule has 3 aromatic rings. The van der Waals surface area contributed by atoms with Gasteiger partial charge in [0.2, 0.25) is 5.91 Å². The minimum atomic E-state index is -0.905. The standard InChI is InChI=1S/C21H19ClN4O3/c22-16-10-8-13-9-11-17(24-20(13)23-16)26-12-14-4-1-2-5-15(14)21(26)25-18(27)6-3-7-19(28)29/h1-2,4-5,8-11,21H,3,6-7,12H2,(H,25,27)(H,28,29). The predicted octanol–water partition coefficient (Wildman–Crippen LogP) is 3.67. The Bertz CT molecular complexity index is 1090. The molecule has 0 bridgehead atoms. The van der Waals surface area contributed by atoms with Crippen molar-refractivity contribution in [3.63, 3.8) is 0 Å². The number of carbonyl (C=O) groups is 2. The second kappa shape index (κ2) is 8.05. The van der Waals surface area contributed by atoms with Gasteiger partial charge in [0.1, 0.15) is 17.1 Å². The topological polar surface area (TPSA) is 95.4 Å². The Balaban J connectivity index is 1.61. The van der Waals surface area contributed by atoms with Crippen LogP contribution in [0.2, 0.25) is 5.15 Å². The van der Waals surface area contributed by atoms with Crippen LogP contribution in [0.5, 0.6) is 0 Å². The zero-order chi connectivity index (χ0) is 20.4. The van der Waals surface area contributed by atoms with Crippen LogP contribution in [0.1, 0.15) is 36.6 Å². The highest BCUT2D eigenvalue weighted by molar-refractivity contribution is 6.29. The molecule has 1 unspecified atom stereocenters. The molecule has 2 N–H and O–H groups in total. The number of anilines is 1. The lowest BCUT2D eigenvalue weighted by molar-refractivity contribution is -0.137. The Morgan fingerprint density at radius 2 is 1.90 bits per heavy atom. The van der Waals surface area contributed by atoms with E-state index in [9.17, 15) is 9.59 Å². The van der Waals surface area contributed by atoms with E-state index in [0.717, 1.165) is 16.5 Å². The number of hydrogen-bond acceptors (Lipinski definition) is 5. The first-order valence-corrected chi connectivity index (χ1v) is 9.68. The molecule has 3 heterocycles. The van der Waals surface area contributed by atoms with Gasteiger partial charge in [-0.25, -0.2) is 9.97 Å². The molecular formula is C21H19ClN4O3. The number of amides is 1. The van der Waals surface area contributed by atoms with Crippen molar-refractivity contribution >= 4 is 40.3 Å². The van der Waals surface area contributed by atoms with Gasteiger partial charge in [-0.05, 0) is 41.8 Å². The van der Waals surface area contributed by atoms with E-state index in [-0.39, 0.29) is 24.9 Å². The number of carboxylic acids is 1. The van der Waals surface area contributed by atoms with Gasteiger partial charge in [-0.15, -0.1) is 0 Å². The molecule has 0 aliphatic carbocycles. The van der Waals surface area contributed by atoms with Crippen LogP contribution in [0.4, 0.5) is 5.82 Å². The van der Waals surface area contributed by atoms with E-state index in [4.69, 9.17) is 16.7 Å². The van der Waals surface area contributed by atoms with Gasteiger partial charge >= 0.3 is 5.97 Å². The van der Waals surface area contributed by atoms with Crippen molar-refractivity contribution in [1.29, 1.82) is 0 Å². The Labute approximate surface area is 172 Å². The number of carbonyl (C=O) groups excluding carboxylic acids is 1. The first-order chi connectivity index (χ1) is 14.0. The summed E-state index contributed by atoms with van der Waals surface area (Å²) < 4.78 is 0. The molecule has 1 aliphatic rings. The third-order valence-corrected chi connectivity index (χ3v) is 5.10. The van der Waals surface area contributed by atoms with Gasteiger partial charge in [0, 0.05) is 24.8 Å². The minimum absolute atomic E-state index is 0.0307. The fourth-order valence-corrected chi connectivity index (χ4v) is 3.65. The summed E-state index contributed by atoms with van der Waals surface area (Å²) in [6, 6.07) is 15.3. The van der Waals surface area contributed by atoms with Crippen molar-refractivity contribution in [1.82, 2.24) is 15.3 Å². The molecule has 1 amide bonds. The molecule has 148 valence electrons. The van der Waals surface area contributed by atoms with Crippen LogP contribution in [0.25, 0.3) is 11.0 Å². The average Bonchev–Trinajstić information content (AvgIpc) is 3.05. The van der Waals surface area contributed by atoms with Crippen molar-refractivity contribution < 1.29 is 14.7 Å². The van der Waals surface area contributed by atoms with Crippen molar-refractivity contribution in [3.05, 3.63) is 64.8 Å². The first kappa shape index (κ1) is 19.1. The number of rotatable bonds is 6. The molecule has 0 spiro atoms. The van der Waals surface area contributed by atoms with E-state index >= 15 is 0 Å². The SMILES string of the molecule is O=C(O)CCCC(=O)NC1c2ccccc2CN1c1ccc2ccc(Cl)nc2n1. The van der Waals surface area contributed by atoms with Crippen LogP contribution in [0.3, 0.4) is 0 Å². The Morgan fingerprint density at radius 1 is 1.10 bits per heavy atom. The van der Waals surface area contributed by atoms with Gasteiger partial charge in [-0.3, -0.25) is 9.59 Å². The quantitative estimate of drug-likeness (QED) is 0.602. The van der Waals surface area contributed by atoms with Crippen molar-refractivity contribution in [2.24, 2.45) is 0 Å². The average molecular weight is 411 g/mol. The lowest BCUT2D eigenvalue weighted by atomic mass is 10.1. The van der Waals surface area contributed by atoms with Gasteiger partial charge in [0.15, 0.2) is 5.65 Å². The second-order valence-electron chi connectivity index (χ2n) is 6.89. The summed E-state index contributed by atoms with van der Waals surface area (Å²) in [5.74, 6) is -0.420. The fraction of sp³-hybridized carbons (Fsp3) is 0.238. The van der Waals surface area contributed by atoms with Gasteiger partial charge < -0.3 is 15.3 Å². The third-order valence-electron chi connectivity index (χ3n) is 4.89. The summed E-state index contributed by atoms with van der Waals surface area (Å²) in [5.41, 5.74) is 2.64. The lowest BCUT2D eigenvalue weighted by Gasteiger charge is -2.27. The number of halogens is 1. The Kier molecular flexibility index (Phi) is 5.31. The van der Waals surface area contributed by atoms with Crippen molar-refractivity contribution in [3.8, 4) is 0 Å². The van der Waals surface area contributed by atoms with Crippen LogP contribution in [0, 0.1) is 0 Å². The highest BCUT2D eigenvalue weighted by atomic mass is 35.5. The molecular weight excluding hydrogens is 392 g/mol. The zero-order valence-electron chi connectivity index (χ0n) is 15.5. The zero-order valence-corrected chi connectivity index (χ0v) is 16.3. The molecule has 4 rings (SSSR count). The summed E-state index contributed by atoms with van der Waals surface area (Å²) in [6.07, 6.45) is 0.0392. The van der Waals surface area contributed by atoms with E-state index < -0.39 is 5.97 Å². The highest BCUT2D eigenvalue weighted by Crippen LogP contribution is 2.35. The number of nitrogens with one attached hydrogen (secondary N) is 1. The summed E-state index contributed by atoms with van der Waals surface area (Å²) in [7, 11) is 0. The maximum absolute atomic E-state index is 12.4. The molecule has 8 heteroatoms. The normalized spacial score (nSPS) is 15.3. The molecule has 0 saturated carbocycles. The van der Waals surface area contributed by atoms with Gasteiger partial charge in [-0.2, -0.15) is 0 Å². The van der Waals surface area contributed by atoms with Gasteiger partial charge in [-0.1, -0.05) is 35.9 Å². The molecule has 0 fully saturated rings.